The van der Waals surface area contributed by atoms with Gasteiger partial charge in [-0.3, -0.25) is 4.79 Å². The lowest BCUT2D eigenvalue weighted by atomic mass is 9.96. The van der Waals surface area contributed by atoms with E-state index in [1.807, 2.05) is 6.07 Å². The Morgan fingerprint density at radius 1 is 1.29 bits per heavy atom. The van der Waals surface area contributed by atoms with E-state index >= 15 is 0 Å². The van der Waals surface area contributed by atoms with Crippen molar-refractivity contribution in [1.29, 1.82) is 10.5 Å². The molecule has 0 bridgehead atoms. The molecule has 1 aromatic carbocycles. The first kappa shape index (κ1) is 14.4. The minimum Gasteiger partial charge on any atom is -0.495 e. The van der Waals surface area contributed by atoms with Crippen molar-refractivity contribution >= 4 is 17.4 Å². The topological polar surface area (TPSA) is 116 Å². The van der Waals surface area contributed by atoms with Crippen molar-refractivity contribution < 1.29 is 4.74 Å². The van der Waals surface area contributed by atoms with Gasteiger partial charge in [-0.25, -0.2) is 0 Å². The molecule has 3 N–H and O–H groups in total. The highest BCUT2D eigenvalue weighted by Crippen LogP contribution is 2.33. The molecule has 1 aromatic heterocycles. The summed E-state index contributed by atoms with van der Waals surface area (Å²) in [4.78, 5) is 14.1. The van der Waals surface area contributed by atoms with E-state index in [-0.39, 0.29) is 22.5 Å². The van der Waals surface area contributed by atoms with Gasteiger partial charge in [0, 0.05) is 5.56 Å². The number of nitrogens with two attached hydrogens (primary N) is 1. The molecule has 0 saturated carbocycles. The van der Waals surface area contributed by atoms with Gasteiger partial charge in [-0.05, 0) is 17.7 Å². The Morgan fingerprint density at radius 2 is 1.95 bits per heavy atom. The maximum Gasteiger partial charge on any atom is 0.268 e. The Morgan fingerprint density at radius 3 is 2.52 bits per heavy atom. The van der Waals surface area contributed by atoms with Gasteiger partial charge >= 0.3 is 0 Å². The SMILES string of the molecule is COc1cc(-c2c(C#N)c(N)[nH]c(=O)c2C#N)ccc1Cl. The zero-order valence-electron chi connectivity index (χ0n) is 10.9. The molecule has 1 heterocycles. The molecule has 0 atom stereocenters. The monoisotopic (exact) mass is 300 g/mol. The van der Waals surface area contributed by atoms with Crippen LogP contribution in [0.25, 0.3) is 11.1 Å². The van der Waals surface area contributed by atoms with Crippen molar-refractivity contribution in [3.05, 3.63) is 44.7 Å². The molecule has 7 heteroatoms. The van der Waals surface area contributed by atoms with Gasteiger partial charge in [-0.2, -0.15) is 10.5 Å². The standard InChI is InChI=1S/C14H9ClN4O2/c1-21-11-4-7(2-3-10(11)15)12-8(5-16)13(18)19-14(20)9(12)6-17/h2-4H,1H3,(H3,18,19,20). The Hall–Kier alpha value is -2.96. The number of hydrogen-bond donors (Lipinski definition) is 2. The second-order valence-electron chi connectivity index (χ2n) is 4.07. The number of halogens is 1. The number of rotatable bonds is 2. The Bertz CT molecular complexity index is 859. The van der Waals surface area contributed by atoms with E-state index in [1.165, 1.54) is 13.2 Å². The lowest BCUT2D eigenvalue weighted by molar-refractivity contribution is 0.415. The molecule has 0 saturated heterocycles. The summed E-state index contributed by atoms with van der Waals surface area (Å²) in [6.45, 7) is 0. The summed E-state index contributed by atoms with van der Waals surface area (Å²) >= 11 is 5.95. The highest BCUT2D eigenvalue weighted by molar-refractivity contribution is 6.32. The summed E-state index contributed by atoms with van der Waals surface area (Å²) in [5.41, 5.74) is 5.44. The number of nitrogen functional groups attached to an aromatic ring is 1. The Labute approximate surface area is 125 Å². The van der Waals surface area contributed by atoms with Crippen molar-refractivity contribution in [3.8, 4) is 29.0 Å². The van der Waals surface area contributed by atoms with Crippen LogP contribution in [0.15, 0.2) is 23.0 Å². The van der Waals surface area contributed by atoms with Crippen molar-refractivity contribution in [1.82, 2.24) is 4.98 Å². The summed E-state index contributed by atoms with van der Waals surface area (Å²) in [6, 6.07) is 8.36. The van der Waals surface area contributed by atoms with Crippen LogP contribution >= 0.6 is 11.6 Å². The van der Waals surface area contributed by atoms with Crippen LogP contribution in [0.1, 0.15) is 11.1 Å². The minimum atomic E-state index is -0.655. The normalized spacial score (nSPS) is 9.71. The summed E-state index contributed by atoms with van der Waals surface area (Å²) in [5.74, 6) is 0.270. The molecular weight excluding hydrogens is 292 g/mol. The van der Waals surface area contributed by atoms with E-state index in [2.05, 4.69) is 4.98 Å². The van der Waals surface area contributed by atoms with Crippen LogP contribution in [0, 0.1) is 22.7 Å². The van der Waals surface area contributed by atoms with Crippen LogP contribution in [-0.2, 0) is 0 Å². The molecule has 6 nitrogen and oxygen atoms in total. The number of methoxy groups -OCH3 is 1. The molecule has 0 amide bonds. The van der Waals surface area contributed by atoms with Gasteiger partial charge < -0.3 is 15.5 Å². The van der Waals surface area contributed by atoms with E-state index in [1.54, 1.807) is 18.2 Å². The van der Waals surface area contributed by atoms with E-state index in [4.69, 9.17) is 22.1 Å². The maximum atomic E-state index is 11.8. The van der Waals surface area contributed by atoms with Crippen LogP contribution in [0.2, 0.25) is 5.02 Å². The number of aromatic amines is 1. The highest BCUT2D eigenvalue weighted by Gasteiger charge is 2.19. The highest BCUT2D eigenvalue weighted by atomic mass is 35.5. The van der Waals surface area contributed by atoms with E-state index < -0.39 is 5.56 Å². The second kappa shape index (κ2) is 5.58. The molecule has 0 unspecified atom stereocenters. The fourth-order valence-electron chi connectivity index (χ4n) is 1.95. The summed E-state index contributed by atoms with van der Waals surface area (Å²) in [5, 5.41) is 18.8. The smallest absolute Gasteiger partial charge is 0.268 e. The molecule has 0 spiro atoms. The number of anilines is 1. The Balaban J connectivity index is 2.89. The quantitative estimate of drug-likeness (QED) is 0.880. The van der Waals surface area contributed by atoms with Gasteiger partial charge in [-0.1, -0.05) is 17.7 Å². The van der Waals surface area contributed by atoms with Gasteiger partial charge in [0.05, 0.1) is 12.1 Å². The fraction of sp³-hybridized carbons (Fsp3) is 0.0714. The van der Waals surface area contributed by atoms with Crippen molar-refractivity contribution in [2.45, 2.75) is 0 Å². The number of benzene rings is 1. The summed E-state index contributed by atoms with van der Waals surface area (Å²) < 4.78 is 5.10. The summed E-state index contributed by atoms with van der Waals surface area (Å²) in [7, 11) is 1.44. The Kier molecular flexibility index (Phi) is 3.84. The number of pyridine rings is 1. The molecule has 0 aliphatic heterocycles. The van der Waals surface area contributed by atoms with Crippen LogP contribution < -0.4 is 16.0 Å². The van der Waals surface area contributed by atoms with Gasteiger partial charge in [0.25, 0.3) is 5.56 Å². The van der Waals surface area contributed by atoms with Crippen LogP contribution in [0.5, 0.6) is 5.75 Å². The third-order valence-electron chi connectivity index (χ3n) is 2.91. The number of nitrogens with zero attached hydrogens (tertiary/aromatic N) is 2. The number of ether oxygens (including phenoxy) is 1. The molecule has 0 fully saturated rings. The number of H-pyrrole nitrogens is 1. The van der Waals surface area contributed by atoms with Crippen molar-refractivity contribution in [2.24, 2.45) is 0 Å². The van der Waals surface area contributed by atoms with E-state index in [0.717, 1.165) is 0 Å². The van der Waals surface area contributed by atoms with Gasteiger partial charge in [-0.15, -0.1) is 0 Å². The van der Waals surface area contributed by atoms with Gasteiger partial charge in [0.15, 0.2) is 0 Å². The average Bonchev–Trinajstić information content (AvgIpc) is 2.47. The number of nitriles is 2. The summed E-state index contributed by atoms with van der Waals surface area (Å²) in [6.07, 6.45) is 0. The molecule has 0 radical (unpaired) electrons. The lowest BCUT2D eigenvalue weighted by Gasteiger charge is -2.10. The minimum absolute atomic E-state index is 0.0236. The van der Waals surface area contributed by atoms with E-state index in [0.29, 0.717) is 16.3 Å². The zero-order chi connectivity index (χ0) is 15.6. The largest absolute Gasteiger partial charge is 0.495 e. The predicted molar refractivity (Wildman–Crippen MR) is 77.9 cm³/mol. The van der Waals surface area contributed by atoms with Crippen LogP contribution in [-0.4, -0.2) is 12.1 Å². The molecule has 104 valence electrons. The third kappa shape index (κ3) is 2.40. The van der Waals surface area contributed by atoms with Gasteiger partial charge in [0.1, 0.15) is 34.8 Å². The predicted octanol–water partition coefficient (Wildman–Crippen LogP) is 2.03. The number of aromatic nitrogens is 1. The molecule has 21 heavy (non-hydrogen) atoms. The molecular formula is C14H9ClN4O2. The first-order chi connectivity index (χ1) is 10.0. The third-order valence-corrected chi connectivity index (χ3v) is 3.22. The van der Waals surface area contributed by atoms with E-state index in [9.17, 15) is 15.3 Å². The fourth-order valence-corrected chi connectivity index (χ4v) is 2.14. The molecule has 0 aliphatic carbocycles. The second-order valence-corrected chi connectivity index (χ2v) is 4.47. The molecule has 2 aromatic rings. The first-order valence-corrected chi connectivity index (χ1v) is 6.11. The average molecular weight is 301 g/mol. The maximum absolute atomic E-state index is 11.8. The molecule has 2 rings (SSSR count). The van der Waals surface area contributed by atoms with Crippen LogP contribution in [0.4, 0.5) is 5.82 Å². The van der Waals surface area contributed by atoms with Crippen molar-refractivity contribution in [3.63, 3.8) is 0 Å². The van der Waals surface area contributed by atoms with Crippen molar-refractivity contribution in [2.75, 3.05) is 12.8 Å². The molecule has 0 aliphatic rings. The lowest BCUT2D eigenvalue weighted by Crippen LogP contribution is -2.16. The first-order valence-electron chi connectivity index (χ1n) is 5.73. The van der Waals surface area contributed by atoms with Gasteiger partial charge in [0.2, 0.25) is 0 Å². The zero-order valence-corrected chi connectivity index (χ0v) is 11.7. The number of hydrogen-bond acceptors (Lipinski definition) is 5. The van der Waals surface area contributed by atoms with Crippen LogP contribution in [0.3, 0.4) is 0 Å². The number of nitrogens with one attached hydrogen (secondary N) is 1.